The number of unbranched alkanes of at least 4 members (excludes halogenated alkanes) is 3. The van der Waals surface area contributed by atoms with E-state index in [0.29, 0.717) is 60.0 Å². The molecule has 1 unspecified atom stereocenters. The Morgan fingerprint density at radius 1 is 0.979 bits per heavy atom. The van der Waals surface area contributed by atoms with Gasteiger partial charge in [-0.05, 0) is 76.7 Å². The number of nitrogens with two attached hydrogens (primary N) is 1. The number of likely N-dealkylation sites (tertiary alicyclic amines) is 2. The Balaban J connectivity index is 1.07. The van der Waals surface area contributed by atoms with Gasteiger partial charge in [0.15, 0.2) is 0 Å². The van der Waals surface area contributed by atoms with Crippen LogP contribution in [0.2, 0.25) is 5.02 Å². The van der Waals surface area contributed by atoms with Crippen molar-refractivity contribution in [2.75, 3.05) is 64.8 Å². The Hall–Kier alpha value is -2.23. The van der Waals surface area contributed by atoms with Gasteiger partial charge in [0, 0.05) is 44.1 Å². The van der Waals surface area contributed by atoms with Crippen molar-refractivity contribution in [1.82, 2.24) is 20.4 Å². The standard InChI is InChI=1S/C34H56ClN5O8/c35-26-17-25(33-24(30(26)36)11-16-48-33)34(47)38-18-23-7-4-6-13-40(23)20-22-9-14-39(15-10-22)12-5-2-1-3-8-29(44)37-19-27(42)31(45)32(46)28(43)21-41/h17,22-23,27-28,31-32,41-43,45-46H,1-16,18-21,36H2,(H,37,44)(H,38,47)/t23?,27-,28+,31+,32+/m0/s1. The number of aliphatic hydroxyl groups excluding tert-OH is 5. The van der Waals surface area contributed by atoms with Crippen LogP contribution in [0.3, 0.4) is 0 Å². The van der Waals surface area contributed by atoms with Crippen LogP contribution in [0.1, 0.15) is 80.1 Å². The van der Waals surface area contributed by atoms with E-state index in [0.717, 1.165) is 70.4 Å². The minimum absolute atomic E-state index is 0.164. The Kier molecular flexibility index (Phi) is 15.5. The van der Waals surface area contributed by atoms with Crippen molar-refractivity contribution in [3.05, 3.63) is 22.2 Å². The molecule has 5 atom stereocenters. The number of nitrogens with one attached hydrogen (secondary N) is 2. The fraction of sp³-hybridized carbons (Fsp3) is 0.765. The summed E-state index contributed by atoms with van der Waals surface area (Å²) in [6.45, 7) is 5.45. The zero-order chi connectivity index (χ0) is 34.6. The van der Waals surface area contributed by atoms with Gasteiger partial charge in [-0.1, -0.05) is 30.9 Å². The van der Waals surface area contributed by atoms with Crippen LogP contribution in [0, 0.1) is 5.92 Å². The number of anilines is 1. The number of ether oxygens (including phenoxy) is 1. The Morgan fingerprint density at radius 3 is 2.46 bits per heavy atom. The molecule has 1 aromatic carbocycles. The molecule has 14 heteroatoms. The normalized spacial score (nSPS) is 21.6. The first-order valence-electron chi connectivity index (χ1n) is 17.7. The third-order valence-corrected chi connectivity index (χ3v) is 10.4. The number of nitrogens with zero attached hydrogens (tertiary/aromatic N) is 2. The molecule has 4 rings (SSSR count). The number of hydrogen-bond donors (Lipinski definition) is 8. The molecule has 1 aromatic rings. The Morgan fingerprint density at radius 2 is 1.71 bits per heavy atom. The smallest absolute Gasteiger partial charge is 0.255 e. The van der Waals surface area contributed by atoms with E-state index in [2.05, 4.69) is 20.4 Å². The number of rotatable bonds is 18. The molecule has 13 nitrogen and oxygen atoms in total. The van der Waals surface area contributed by atoms with Gasteiger partial charge >= 0.3 is 0 Å². The second-order valence-electron chi connectivity index (χ2n) is 13.6. The van der Waals surface area contributed by atoms with Crippen LogP contribution in [-0.4, -0.2) is 137 Å². The molecule has 2 amide bonds. The minimum Gasteiger partial charge on any atom is -0.492 e. The van der Waals surface area contributed by atoms with E-state index < -0.39 is 31.0 Å². The highest BCUT2D eigenvalue weighted by atomic mass is 35.5. The SMILES string of the molecule is Nc1c(Cl)cc(C(=O)NCC2CCCCN2CC2CCN(CCCCCCC(=O)NC[C@H](O)[C@@H](O)[C@H](O)[C@H](O)CO)CC2)c2c1CCO2. The van der Waals surface area contributed by atoms with Crippen LogP contribution < -0.4 is 21.1 Å². The van der Waals surface area contributed by atoms with E-state index >= 15 is 0 Å². The number of carbonyl (C=O) groups excluding carboxylic acids is 2. The van der Waals surface area contributed by atoms with Crippen LogP contribution >= 0.6 is 11.6 Å². The average Bonchev–Trinajstić information content (AvgIpc) is 3.60. The third-order valence-electron chi connectivity index (χ3n) is 10.1. The fourth-order valence-corrected chi connectivity index (χ4v) is 7.29. The van der Waals surface area contributed by atoms with Gasteiger partial charge in [-0.2, -0.15) is 0 Å². The first kappa shape index (κ1) is 38.6. The van der Waals surface area contributed by atoms with Gasteiger partial charge in [-0.15, -0.1) is 0 Å². The molecular formula is C34H56ClN5O8. The zero-order valence-corrected chi connectivity index (χ0v) is 28.8. The van der Waals surface area contributed by atoms with Crippen molar-refractivity contribution in [2.24, 2.45) is 5.92 Å². The molecule has 0 saturated carbocycles. The number of piperidine rings is 2. The van der Waals surface area contributed by atoms with E-state index in [1.165, 1.54) is 25.7 Å². The van der Waals surface area contributed by atoms with Gasteiger partial charge in [0.1, 0.15) is 24.1 Å². The summed E-state index contributed by atoms with van der Waals surface area (Å²) >= 11 is 6.32. The van der Waals surface area contributed by atoms with Crippen molar-refractivity contribution >= 4 is 29.1 Å². The molecule has 3 aliphatic heterocycles. The average molecular weight is 698 g/mol. The second-order valence-corrected chi connectivity index (χ2v) is 14.0. The molecule has 0 aromatic heterocycles. The molecule has 9 N–H and O–H groups in total. The molecule has 3 heterocycles. The number of benzene rings is 1. The molecule has 0 spiro atoms. The van der Waals surface area contributed by atoms with Gasteiger partial charge in [-0.3, -0.25) is 14.5 Å². The molecule has 2 fully saturated rings. The number of halogens is 1. The third kappa shape index (κ3) is 10.9. The van der Waals surface area contributed by atoms with Crippen LogP contribution in [0.25, 0.3) is 0 Å². The van der Waals surface area contributed by atoms with E-state index in [4.69, 9.17) is 27.2 Å². The van der Waals surface area contributed by atoms with E-state index in [-0.39, 0.29) is 18.4 Å². The van der Waals surface area contributed by atoms with Crippen LogP contribution in [0.15, 0.2) is 6.07 Å². The fourth-order valence-electron chi connectivity index (χ4n) is 7.06. The summed E-state index contributed by atoms with van der Waals surface area (Å²) in [6.07, 6.45) is 4.05. The van der Waals surface area contributed by atoms with E-state index in [9.17, 15) is 30.0 Å². The number of amides is 2. The topological polar surface area (TPSA) is 201 Å². The van der Waals surface area contributed by atoms with Crippen molar-refractivity contribution in [1.29, 1.82) is 0 Å². The maximum atomic E-state index is 13.2. The summed E-state index contributed by atoms with van der Waals surface area (Å²) in [4.78, 5) is 30.4. The molecule has 0 bridgehead atoms. The minimum atomic E-state index is -1.71. The number of fused-ring (bicyclic) bond motifs is 1. The maximum Gasteiger partial charge on any atom is 0.255 e. The highest BCUT2D eigenvalue weighted by molar-refractivity contribution is 6.33. The van der Waals surface area contributed by atoms with Crippen LogP contribution in [0.5, 0.6) is 5.75 Å². The monoisotopic (exact) mass is 697 g/mol. The Bertz CT molecular complexity index is 1190. The Labute approximate surface area is 288 Å². The van der Waals surface area contributed by atoms with Gasteiger partial charge < -0.3 is 51.5 Å². The number of aliphatic hydroxyl groups is 5. The van der Waals surface area contributed by atoms with Crippen molar-refractivity contribution in [3.8, 4) is 5.75 Å². The molecule has 0 radical (unpaired) electrons. The highest BCUT2D eigenvalue weighted by Gasteiger charge is 2.31. The first-order valence-corrected chi connectivity index (χ1v) is 18.0. The summed E-state index contributed by atoms with van der Waals surface area (Å²) in [5.41, 5.74) is 7.90. The van der Waals surface area contributed by atoms with Crippen molar-refractivity contribution < 1.29 is 39.9 Å². The van der Waals surface area contributed by atoms with Crippen LogP contribution in [-0.2, 0) is 11.2 Å². The lowest BCUT2D eigenvalue weighted by molar-refractivity contribution is -0.126. The van der Waals surface area contributed by atoms with Gasteiger partial charge in [0.25, 0.3) is 5.91 Å². The molecule has 2 saturated heterocycles. The summed E-state index contributed by atoms with van der Waals surface area (Å²) < 4.78 is 5.73. The van der Waals surface area contributed by atoms with Gasteiger partial charge in [0.2, 0.25) is 5.91 Å². The predicted molar refractivity (Wildman–Crippen MR) is 183 cm³/mol. The summed E-state index contributed by atoms with van der Waals surface area (Å²) in [6, 6.07) is 1.94. The number of hydrogen-bond acceptors (Lipinski definition) is 11. The summed E-state index contributed by atoms with van der Waals surface area (Å²) in [7, 11) is 0. The number of nitrogen functional groups attached to an aromatic ring is 1. The van der Waals surface area contributed by atoms with Crippen molar-refractivity contribution in [3.63, 3.8) is 0 Å². The van der Waals surface area contributed by atoms with E-state index in [1.54, 1.807) is 6.07 Å². The maximum absolute atomic E-state index is 13.2. The zero-order valence-electron chi connectivity index (χ0n) is 28.0. The highest BCUT2D eigenvalue weighted by Crippen LogP contribution is 2.38. The van der Waals surface area contributed by atoms with Crippen LogP contribution in [0.4, 0.5) is 5.69 Å². The molecule has 0 aliphatic carbocycles. The molecule has 272 valence electrons. The summed E-state index contributed by atoms with van der Waals surface area (Å²) in [5.74, 6) is 0.800. The lowest BCUT2D eigenvalue weighted by Gasteiger charge is -2.40. The van der Waals surface area contributed by atoms with E-state index in [1.807, 2.05) is 0 Å². The second kappa shape index (κ2) is 19.2. The lowest BCUT2D eigenvalue weighted by atomic mass is 9.93. The molecular weight excluding hydrogens is 642 g/mol. The van der Waals surface area contributed by atoms with Gasteiger partial charge in [0.05, 0.1) is 35.6 Å². The molecule has 3 aliphatic rings. The largest absolute Gasteiger partial charge is 0.492 e. The lowest BCUT2D eigenvalue weighted by Crippen LogP contribution is -2.49. The van der Waals surface area contributed by atoms with Crippen molar-refractivity contribution in [2.45, 2.75) is 101 Å². The predicted octanol–water partition coefficient (Wildman–Crippen LogP) is 0.656. The summed E-state index contributed by atoms with van der Waals surface area (Å²) in [5, 5.41) is 53.7. The van der Waals surface area contributed by atoms with Gasteiger partial charge in [-0.25, -0.2) is 0 Å². The quantitative estimate of drug-likeness (QED) is 0.0791. The first-order chi connectivity index (χ1) is 23.1. The molecule has 48 heavy (non-hydrogen) atoms. The number of carbonyl (C=O) groups is 2.